The van der Waals surface area contributed by atoms with Gasteiger partial charge in [0.25, 0.3) is 0 Å². The van der Waals surface area contributed by atoms with Crippen molar-refractivity contribution in [2.75, 3.05) is 6.61 Å². The quantitative estimate of drug-likeness (QED) is 0.579. The van der Waals surface area contributed by atoms with Crippen molar-refractivity contribution in [1.82, 2.24) is 4.98 Å². The van der Waals surface area contributed by atoms with E-state index in [1.165, 1.54) is 0 Å². The van der Waals surface area contributed by atoms with Crippen LogP contribution in [0.25, 0.3) is 0 Å². The highest BCUT2D eigenvalue weighted by Gasteiger charge is 2.08. The zero-order valence-corrected chi connectivity index (χ0v) is 7.99. The number of esters is 1. The van der Waals surface area contributed by atoms with Crippen molar-refractivity contribution in [3.63, 3.8) is 0 Å². The minimum Gasteiger partial charge on any atom is -0.466 e. The van der Waals surface area contributed by atoms with E-state index in [1.807, 2.05) is 0 Å². The third-order valence-electron chi connectivity index (χ3n) is 1.60. The number of hydrogen-bond acceptors (Lipinski definition) is 4. The van der Waals surface area contributed by atoms with Crippen LogP contribution in [0.15, 0.2) is 24.4 Å². The van der Waals surface area contributed by atoms with Crippen LogP contribution in [-0.4, -0.2) is 23.3 Å². The topological polar surface area (TPSA) is 63.0 Å². The molecule has 0 aliphatic carbocycles. The van der Waals surface area contributed by atoms with Crippen LogP contribution >= 0.6 is 0 Å². The first kappa shape index (κ1) is 10.4. The molecule has 1 rings (SSSR count). The Kier molecular flexibility index (Phi) is 3.79. The van der Waals surface area contributed by atoms with E-state index in [-0.39, 0.29) is 18.1 Å². The van der Waals surface area contributed by atoms with E-state index < -0.39 is 0 Å². The lowest BCUT2D eigenvalue weighted by molar-refractivity contribution is -0.141. The van der Waals surface area contributed by atoms with Gasteiger partial charge in [-0.05, 0) is 19.1 Å². The highest BCUT2D eigenvalue weighted by Crippen LogP contribution is 1.99. The Morgan fingerprint density at radius 1 is 1.57 bits per heavy atom. The maximum Gasteiger partial charge on any atom is 0.311 e. The molecule has 0 aliphatic heterocycles. The molecule has 0 spiro atoms. The summed E-state index contributed by atoms with van der Waals surface area (Å²) in [6, 6.07) is 5.24. The van der Waals surface area contributed by atoms with Crippen LogP contribution < -0.4 is 0 Å². The average molecular weight is 192 g/mol. The van der Waals surface area contributed by atoms with Crippen LogP contribution in [0.2, 0.25) is 0 Å². The molecule has 0 fully saturated rings. The van der Waals surface area contributed by atoms with E-state index in [0.717, 1.165) is 0 Å². The van der Waals surface area contributed by atoms with E-state index >= 15 is 0 Å². The van der Waals surface area contributed by atoms with E-state index in [9.17, 15) is 4.79 Å². The molecular formula is C10H12N2O2. The Hall–Kier alpha value is -1.71. The van der Waals surface area contributed by atoms with E-state index in [0.29, 0.717) is 12.3 Å². The summed E-state index contributed by atoms with van der Waals surface area (Å²) in [5, 5.41) is 7.58. The number of carbonyl (C=O) groups excluding carboxylic acids is 1. The zero-order valence-electron chi connectivity index (χ0n) is 7.99. The summed E-state index contributed by atoms with van der Waals surface area (Å²) in [7, 11) is 0. The van der Waals surface area contributed by atoms with E-state index in [2.05, 4.69) is 4.98 Å². The molecule has 0 amide bonds. The summed E-state index contributed by atoms with van der Waals surface area (Å²) in [6.45, 7) is 2.08. The van der Waals surface area contributed by atoms with Crippen molar-refractivity contribution in [3.05, 3.63) is 30.1 Å². The van der Waals surface area contributed by atoms with Crippen LogP contribution in [0, 0.1) is 5.41 Å². The Labute approximate surface area is 82.4 Å². The second-order valence-corrected chi connectivity index (χ2v) is 2.68. The van der Waals surface area contributed by atoms with E-state index in [4.69, 9.17) is 10.1 Å². The van der Waals surface area contributed by atoms with Crippen molar-refractivity contribution in [2.24, 2.45) is 0 Å². The minimum atomic E-state index is -0.386. The molecule has 4 nitrogen and oxygen atoms in total. The Balaban J connectivity index is 2.55. The number of nitrogens with one attached hydrogen (secondary N) is 1. The molecule has 4 heteroatoms. The van der Waals surface area contributed by atoms with Crippen molar-refractivity contribution in [1.29, 1.82) is 5.41 Å². The van der Waals surface area contributed by atoms with Gasteiger partial charge in [0.05, 0.1) is 24.4 Å². The molecule has 74 valence electrons. The fourth-order valence-electron chi connectivity index (χ4n) is 0.988. The van der Waals surface area contributed by atoms with Gasteiger partial charge in [0.15, 0.2) is 0 Å². The van der Waals surface area contributed by atoms with Crippen LogP contribution in [-0.2, 0) is 9.53 Å². The maximum absolute atomic E-state index is 11.0. The maximum atomic E-state index is 11.0. The van der Waals surface area contributed by atoms with Crippen molar-refractivity contribution >= 4 is 11.7 Å². The highest BCUT2D eigenvalue weighted by molar-refractivity contribution is 6.06. The van der Waals surface area contributed by atoms with Crippen molar-refractivity contribution in [3.8, 4) is 0 Å². The van der Waals surface area contributed by atoms with Gasteiger partial charge in [0.1, 0.15) is 0 Å². The Morgan fingerprint density at radius 3 is 2.93 bits per heavy atom. The Bertz CT molecular complexity index is 322. The van der Waals surface area contributed by atoms with E-state index in [1.54, 1.807) is 31.3 Å². The molecule has 0 saturated carbocycles. The summed E-state index contributed by atoms with van der Waals surface area (Å²) >= 11 is 0. The Morgan fingerprint density at radius 2 is 2.36 bits per heavy atom. The fourth-order valence-corrected chi connectivity index (χ4v) is 0.988. The number of aromatic nitrogens is 1. The first-order valence-electron chi connectivity index (χ1n) is 4.38. The van der Waals surface area contributed by atoms with Gasteiger partial charge in [-0.25, -0.2) is 0 Å². The normalized spacial score (nSPS) is 9.50. The first-order chi connectivity index (χ1) is 6.74. The summed E-state index contributed by atoms with van der Waals surface area (Å²) in [5.74, 6) is -0.386. The lowest BCUT2D eigenvalue weighted by atomic mass is 10.2. The first-order valence-corrected chi connectivity index (χ1v) is 4.38. The van der Waals surface area contributed by atoms with Crippen LogP contribution in [0.3, 0.4) is 0 Å². The highest BCUT2D eigenvalue weighted by atomic mass is 16.5. The van der Waals surface area contributed by atoms with Gasteiger partial charge in [0, 0.05) is 6.20 Å². The molecule has 0 unspecified atom stereocenters. The van der Waals surface area contributed by atoms with Gasteiger partial charge in [-0.1, -0.05) is 6.07 Å². The molecule has 0 saturated heterocycles. The summed E-state index contributed by atoms with van der Waals surface area (Å²) in [5.41, 5.74) is 0.699. The number of ether oxygens (including phenoxy) is 1. The molecule has 0 atom stereocenters. The molecule has 0 bridgehead atoms. The second kappa shape index (κ2) is 5.11. The number of rotatable bonds is 4. The molecule has 1 aromatic heterocycles. The SMILES string of the molecule is CCOC(=O)CC(=N)c1ccccn1. The van der Waals surface area contributed by atoms with Gasteiger partial charge in [-0.3, -0.25) is 9.78 Å². The molecule has 1 aromatic rings. The second-order valence-electron chi connectivity index (χ2n) is 2.68. The predicted molar refractivity (Wildman–Crippen MR) is 52.3 cm³/mol. The number of carbonyl (C=O) groups is 1. The lowest BCUT2D eigenvalue weighted by Gasteiger charge is -2.02. The molecule has 1 N–H and O–H groups in total. The fraction of sp³-hybridized carbons (Fsp3) is 0.300. The van der Waals surface area contributed by atoms with Crippen molar-refractivity contribution < 1.29 is 9.53 Å². The van der Waals surface area contributed by atoms with Gasteiger partial charge < -0.3 is 10.1 Å². The van der Waals surface area contributed by atoms with Crippen LogP contribution in [0.1, 0.15) is 19.0 Å². The number of pyridine rings is 1. The van der Waals surface area contributed by atoms with Gasteiger partial charge in [-0.2, -0.15) is 0 Å². The molecule has 1 heterocycles. The third kappa shape index (κ3) is 2.97. The number of nitrogens with zero attached hydrogens (tertiary/aromatic N) is 1. The van der Waals surface area contributed by atoms with Crippen LogP contribution in [0.5, 0.6) is 0 Å². The molecule has 0 aromatic carbocycles. The molecule has 0 radical (unpaired) electrons. The van der Waals surface area contributed by atoms with Crippen molar-refractivity contribution in [2.45, 2.75) is 13.3 Å². The molecule has 0 aliphatic rings. The number of hydrogen-bond donors (Lipinski definition) is 1. The van der Waals surface area contributed by atoms with Crippen LogP contribution in [0.4, 0.5) is 0 Å². The largest absolute Gasteiger partial charge is 0.466 e. The van der Waals surface area contributed by atoms with Gasteiger partial charge in [0.2, 0.25) is 0 Å². The molecular weight excluding hydrogens is 180 g/mol. The third-order valence-corrected chi connectivity index (χ3v) is 1.60. The predicted octanol–water partition coefficient (Wildman–Crippen LogP) is 1.40. The average Bonchev–Trinajstić information content (AvgIpc) is 2.19. The van der Waals surface area contributed by atoms with Gasteiger partial charge >= 0.3 is 5.97 Å². The smallest absolute Gasteiger partial charge is 0.311 e. The summed E-state index contributed by atoms with van der Waals surface area (Å²) in [6.07, 6.45) is 1.57. The zero-order chi connectivity index (χ0) is 10.4. The summed E-state index contributed by atoms with van der Waals surface area (Å²) < 4.78 is 4.73. The lowest BCUT2D eigenvalue weighted by Crippen LogP contribution is -2.12. The summed E-state index contributed by atoms with van der Waals surface area (Å²) in [4.78, 5) is 15.0. The monoisotopic (exact) mass is 192 g/mol. The standard InChI is InChI=1S/C10H12N2O2/c1-2-14-10(13)7-8(11)9-5-3-4-6-12-9/h3-6,11H,2,7H2,1H3. The minimum absolute atomic E-state index is 0.0230. The van der Waals surface area contributed by atoms with Gasteiger partial charge in [-0.15, -0.1) is 0 Å². The molecule has 14 heavy (non-hydrogen) atoms.